The van der Waals surface area contributed by atoms with E-state index in [0.29, 0.717) is 0 Å². The van der Waals surface area contributed by atoms with Gasteiger partial charge in [0, 0.05) is 0 Å². The third-order valence-electron chi connectivity index (χ3n) is 2.64. The number of hydrogen-bond acceptors (Lipinski definition) is 0. The van der Waals surface area contributed by atoms with Gasteiger partial charge in [-0.2, -0.15) is 0 Å². The molecule has 0 aromatic rings. The van der Waals surface area contributed by atoms with Crippen LogP contribution in [0.4, 0.5) is 0 Å². The molecule has 0 saturated heterocycles. The average Bonchev–Trinajstić information content (AvgIpc) is 2.22. The molecule has 1 radical (unpaired) electrons. The minimum atomic E-state index is 1.22. The molecule has 0 heteroatoms. The van der Waals surface area contributed by atoms with E-state index < -0.39 is 0 Å². The molecule has 14 heavy (non-hydrogen) atoms. The zero-order chi connectivity index (χ0) is 9.90. The van der Waals surface area contributed by atoms with E-state index >= 15 is 0 Å². The molecule has 1 aliphatic carbocycles. The molecule has 0 nitrogen and oxygen atoms in total. The molecule has 0 aromatic carbocycles. The predicted molar refractivity (Wildman–Crippen MR) is 64.1 cm³/mol. The van der Waals surface area contributed by atoms with Gasteiger partial charge in [0.2, 0.25) is 0 Å². The lowest BCUT2D eigenvalue weighted by Gasteiger charge is -1.99. The summed E-state index contributed by atoms with van der Waals surface area (Å²) in [7, 11) is 0. The molecule has 0 atom stereocenters. The van der Waals surface area contributed by atoms with Crippen LogP contribution in [0.15, 0.2) is 24.3 Å². The summed E-state index contributed by atoms with van der Waals surface area (Å²) in [6.07, 6.45) is 23.5. The van der Waals surface area contributed by atoms with Gasteiger partial charge in [0.15, 0.2) is 0 Å². The standard InChI is InChI=1S/C14H23/c1-2-4-6-8-10-12-14-13-11-9-7-5-3-1/h1-2,7,9-10H,3-6,8,11-14H2/b2-1+,9-7+. The molecule has 1 aliphatic rings. The fraction of sp³-hybridized carbons (Fsp3) is 0.643. The Labute approximate surface area is 89.1 Å². The fourth-order valence-corrected chi connectivity index (χ4v) is 1.74. The highest BCUT2D eigenvalue weighted by molar-refractivity contribution is 4.88. The Morgan fingerprint density at radius 3 is 1.71 bits per heavy atom. The molecule has 0 unspecified atom stereocenters. The molecule has 0 fully saturated rings. The molecule has 0 N–H and O–H groups in total. The van der Waals surface area contributed by atoms with Crippen molar-refractivity contribution in [3.63, 3.8) is 0 Å². The Morgan fingerprint density at radius 1 is 0.429 bits per heavy atom. The SMILES string of the molecule is [CH]1CCC/C=C/CC/C=C/CCCC1. The number of rotatable bonds is 0. The van der Waals surface area contributed by atoms with Crippen LogP contribution in [-0.2, 0) is 0 Å². The van der Waals surface area contributed by atoms with E-state index in [2.05, 4.69) is 30.7 Å². The summed E-state index contributed by atoms with van der Waals surface area (Å²) in [5.74, 6) is 0. The van der Waals surface area contributed by atoms with Gasteiger partial charge in [0.1, 0.15) is 0 Å². The third-order valence-corrected chi connectivity index (χ3v) is 2.64. The largest absolute Gasteiger partial charge is 0.0885 e. The second-order valence-electron chi connectivity index (χ2n) is 4.02. The van der Waals surface area contributed by atoms with Crippen molar-refractivity contribution in [1.82, 2.24) is 0 Å². The average molecular weight is 191 g/mol. The van der Waals surface area contributed by atoms with Crippen LogP contribution in [0, 0.1) is 6.42 Å². The van der Waals surface area contributed by atoms with E-state index in [1.54, 1.807) is 0 Å². The van der Waals surface area contributed by atoms with Gasteiger partial charge in [-0.05, 0) is 51.4 Å². The molecule has 79 valence electrons. The van der Waals surface area contributed by atoms with Crippen molar-refractivity contribution in [2.45, 2.75) is 57.8 Å². The third kappa shape index (κ3) is 6.94. The van der Waals surface area contributed by atoms with Gasteiger partial charge in [-0.1, -0.05) is 37.1 Å². The molecule has 0 amide bonds. The Hall–Kier alpha value is -0.520. The Balaban J connectivity index is 2.17. The van der Waals surface area contributed by atoms with Crippen molar-refractivity contribution in [2.75, 3.05) is 0 Å². The minimum Gasteiger partial charge on any atom is -0.0885 e. The first-order valence-corrected chi connectivity index (χ1v) is 6.12. The van der Waals surface area contributed by atoms with Crippen molar-refractivity contribution in [2.24, 2.45) is 0 Å². The molecule has 0 heterocycles. The normalized spacial score (nSPS) is 26.3. The van der Waals surface area contributed by atoms with Gasteiger partial charge in [-0.25, -0.2) is 0 Å². The van der Waals surface area contributed by atoms with E-state index in [1.807, 2.05) is 0 Å². The first-order chi connectivity index (χ1) is 7.00. The Kier molecular flexibility index (Phi) is 7.47. The highest BCUT2D eigenvalue weighted by atomic mass is 14.0. The molecule has 0 saturated carbocycles. The van der Waals surface area contributed by atoms with Gasteiger partial charge in [0.25, 0.3) is 0 Å². The van der Waals surface area contributed by atoms with Gasteiger partial charge in [-0.3, -0.25) is 0 Å². The topological polar surface area (TPSA) is 0 Å². The summed E-state index contributed by atoms with van der Waals surface area (Å²) in [5.41, 5.74) is 0. The minimum absolute atomic E-state index is 1.22. The van der Waals surface area contributed by atoms with E-state index in [9.17, 15) is 0 Å². The zero-order valence-corrected chi connectivity index (χ0v) is 9.25. The summed E-state index contributed by atoms with van der Waals surface area (Å²) in [4.78, 5) is 0. The maximum absolute atomic E-state index is 2.46. The fourth-order valence-electron chi connectivity index (χ4n) is 1.74. The van der Waals surface area contributed by atoms with Gasteiger partial charge < -0.3 is 0 Å². The highest BCUT2D eigenvalue weighted by Gasteiger charge is 1.90. The van der Waals surface area contributed by atoms with Crippen molar-refractivity contribution >= 4 is 0 Å². The lowest BCUT2D eigenvalue weighted by atomic mass is 10.1. The summed E-state index contributed by atoms with van der Waals surface area (Å²) in [6, 6.07) is 0. The van der Waals surface area contributed by atoms with Gasteiger partial charge >= 0.3 is 0 Å². The van der Waals surface area contributed by atoms with E-state index in [4.69, 9.17) is 0 Å². The van der Waals surface area contributed by atoms with Crippen molar-refractivity contribution < 1.29 is 0 Å². The first-order valence-electron chi connectivity index (χ1n) is 6.12. The summed E-state index contributed by atoms with van der Waals surface area (Å²) in [5, 5.41) is 0. The molecule has 0 aliphatic heterocycles. The molecular formula is C14H23. The predicted octanol–water partition coefficient (Wildman–Crippen LogP) is 4.83. The molecule has 1 rings (SSSR count). The molecule has 0 aromatic heterocycles. The Morgan fingerprint density at radius 2 is 0.929 bits per heavy atom. The van der Waals surface area contributed by atoms with Crippen LogP contribution in [-0.4, -0.2) is 0 Å². The highest BCUT2D eigenvalue weighted by Crippen LogP contribution is 2.09. The van der Waals surface area contributed by atoms with Crippen LogP contribution in [0.3, 0.4) is 0 Å². The van der Waals surface area contributed by atoms with Crippen molar-refractivity contribution in [3.05, 3.63) is 30.7 Å². The summed E-state index contributed by atoms with van der Waals surface area (Å²) >= 11 is 0. The van der Waals surface area contributed by atoms with Crippen molar-refractivity contribution in [3.8, 4) is 0 Å². The van der Waals surface area contributed by atoms with E-state index in [1.165, 1.54) is 57.8 Å². The summed E-state index contributed by atoms with van der Waals surface area (Å²) in [6.45, 7) is 0. The maximum atomic E-state index is 2.46. The van der Waals surface area contributed by atoms with Crippen LogP contribution in [0.25, 0.3) is 0 Å². The van der Waals surface area contributed by atoms with Crippen molar-refractivity contribution in [1.29, 1.82) is 0 Å². The summed E-state index contributed by atoms with van der Waals surface area (Å²) < 4.78 is 0. The molecular weight excluding hydrogens is 168 g/mol. The smallest absolute Gasteiger partial charge is 0.0316 e. The van der Waals surface area contributed by atoms with E-state index in [0.717, 1.165) is 0 Å². The lowest BCUT2D eigenvalue weighted by Crippen LogP contribution is -1.81. The van der Waals surface area contributed by atoms with Gasteiger partial charge in [0.05, 0.1) is 0 Å². The Bertz CT molecular complexity index is 145. The monoisotopic (exact) mass is 191 g/mol. The van der Waals surface area contributed by atoms with E-state index in [-0.39, 0.29) is 0 Å². The molecule has 0 spiro atoms. The first kappa shape index (κ1) is 11.6. The van der Waals surface area contributed by atoms with Crippen LogP contribution < -0.4 is 0 Å². The maximum Gasteiger partial charge on any atom is -0.0316 e. The second-order valence-corrected chi connectivity index (χ2v) is 4.02. The second kappa shape index (κ2) is 9.05. The van der Waals surface area contributed by atoms with Crippen LogP contribution in [0.1, 0.15) is 57.8 Å². The van der Waals surface area contributed by atoms with Crippen LogP contribution >= 0.6 is 0 Å². The van der Waals surface area contributed by atoms with Crippen LogP contribution in [0.5, 0.6) is 0 Å². The number of allylic oxidation sites excluding steroid dienone is 4. The molecule has 0 bridgehead atoms. The lowest BCUT2D eigenvalue weighted by molar-refractivity contribution is 0.695. The quantitative estimate of drug-likeness (QED) is 0.481. The number of hydrogen-bond donors (Lipinski definition) is 0. The van der Waals surface area contributed by atoms with Crippen LogP contribution in [0.2, 0.25) is 0 Å². The zero-order valence-electron chi connectivity index (χ0n) is 9.25. The van der Waals surface area contributed by atoms with Gasteiger partial charge in [-0.15, -0.1) is 0 Å².